The number of rotatable bonds is 4. The van der Waals surface area contributed by atoms with Gasteiger partial charge in [0.15, 0.2) is 0 Å². The van der Waals surface area contributed by atoms with Crippen molar-refractivity contribution in [1.82, 2.24) is 4.90 Å². The van der Waals surface area contributed by atoms with E-state index in [0.29, 0.717) is 18.7 Å². The Morgan fingerprint density at radius 1 is 1.50 bits per heavy atom. The first-order valence-electron chi connectivity index (χ1n) is 5.90. The van der Waals surface area contributed by atoms with Crippen LogP contribution < -0.4 is 10.1 Å². The van der Waals surface area contributed by atoms with Gasteiger partial charge in [-0.3, -0.25) is 0 Å². The number of likely N-dealkylation sites (tertiary alicyclic amines) is 1. The van der Waals surface area contributed by atoms with E-state index in [-0.39, 0.29) is 0 Å². The van der Waals surface area contributed by atoms with Crippen molar-refractivity contribution in [2.75, 3.05) is 32.6 Å². The standard InChI is InChI=1S/C13H18N2O3/c1-15-8-7-13(9-15,12(16)17)14-10-5-3-4-6-11(10)18-2/h3-6,14H,7-9H2,1-2H3,(H,16,17). The quantitative estimate of drug-likeness (QED) is 0.842. The molecule has 1 unspecified atom stereocenters. The summed E-state index contributed by atoms with van der Waals surface area (Å²) in [4.78, 5) is 13.6. The molecule has 1 heterocycles. The van der Waals surface area contributed by atoms with Gasteiger partial charge in [-0.25, -0.2) is 4.79 Å². The van der Waals surface area contributed by atoms with Crippen LogP contribution in [0.25, 0.3) is 0 Å². The molecule has 5 nitrogen and oxygen atoms in total. The Kier molecular flexibility index (Phi) is 3.43. The van der Waals surface area contributed by atoms with Crippen LogP contribution in [0.2, 0.25) is 0 Å². The van der Waals surface area contributed by atoms with Gasteiger partial charge in [0.2, 0.25) is 0 Å². The topological polar surface area (TPSA) is 61.8 Å². The largest absolute Gasteiger partial charge is 0.495 e. The lowest BCUT2D eigenvalue weighted by Crippen LogP contribution is -2.48. The monoisotopic (exact) mass is 250 g/mol. The van der Waals surface area contributed by atoms with Gasteiger partial charge in [0.25, 0.3) is 0 Å². The zero-order chi connectivity index (χ0) is 13.2. The fraction of sp³-hybridized carbons (Fsp3) is 0.462. The average Bonchev–Trinajstić information content (AvgIpc) is 2.73. The van der Waals surface area contributed by atoms with Crippen molar-refractivity contribution in [1.29, 1.82) is 0 Å². The highest BCUT2D eigenvalue weighted by Gasteiger charge is 2.44. The Morgan fingerprint density at radius 3 is 2.78 bits per heavy atom. The maximum Gasteiger partial charge on any atom is 0.330 e. The van der Waals surface area contributed by atoms with E-state index in [1.807, 2.05) is 36.2 Å². The number of carbonyl (C=O) groups is 1. The van der Waals surface area contributed by atoms with E-state index >= 15 is 0 Å². The molecule has 1 atom stereocenters. The number of hydrogen-bond acceptors (Lipinski definition) is 4. The van der Waals surface area contributed by atoms with Gasteiger partial charge in [-0.2, -0.15) is 0 Å². The minimum Gasteiger partial charge on any atom is -0.495 e. The van der Waals surface area contributed by atoms with E-state index in [9.17, 15) is 9.90 Å². The number of para-hydroxylation sites is 2. The van der Waals surface area contributed by atoms with Crippen LogP contribution >= 0.6 is 0 Å². The summed E-state index contributed by atoms with van der Waals surface area (Å²) in [5.74, 6) is -0.162. The Hall–Kier alpha value is -1.75. The predicted octanol–water partition coefficient (Wildman–Crippen LogP) is 1.27. The van der Waals surface area contributed by atoms with Gasteiger partial charge in [0.05, 0.1) is 12.8 Å². The molecule has 0 saturated carbocycles. The highest BCUT2D eigenvalue weighted by Crippen LogP contribution is 2.31. The van der Waals surface area contributed by atoms with Crippen LogP contribution in [-0.4, -0.2) is 48.8 Å². The second-order valence-corrected chi connectivity index (χ2v) is 4.70. The summed E-state index contributed by atoms with van der Waals surface area (Å²) in [5, 5.41) is 12.6. The molecule has 0 amide bonds. The van der Waals surface area contributed by atoms with E-state index in [4.69, 9.17) is 4.74 Å². The number of nitrogens with zero attached hydrogens (tertiary/aromatic N) is 1. The van der Waals surface area contributed by atoms with Crippen molar-refractivity contribution < 1.29 is 14.6 Å². The average molecular weight is 250 g/mol. The SMILES string of the molecule is COc1ccccc1NC1(C(=O)O)CCN(C)C1. The molecule has 1 aliphatic rings. The third-order valence-electron chi connectivity index (χ3n) is 3.35. The number of hydrogen-bond donors (Lipinski definition) is 2. The third kappa shape index (κ3) is 2.26. The summed E-state index contributed by atoms with van der Waals surface area (Å²) in [6, 6.07) is 7.37. The zero-order valence-corrected chi connectivity index (χ0v) is 10.6. The lowest BCUT2D eigenvalue weighted by molar-refractivity contribution is -0.141. The molecule has 1 aromatic rings. The third-order valence-corrected chi connectivity index (χ3v) is 3.35. The van der Waals surface area contributed by atoms with Crippen molar-refractivity contribution in [2.24, 2.45) is 0 Å². The number of benzene rings is 1. The maximum atomic E-state index is 11.5. The molecule has 1 saturated heterocycles. The molecule has 18 heavy (non-hydrogen) atoms. The van der Waals surface area contributed by atoms with E-state index < -0.39 is 11.5 Å². The summed E-state index contributed by atoms with van der Waals surface area (Å²) in [6.07, 6.45) is 0.580. The summed E-state index contributed by atoms with van der Waals surface area (Å²) in [5.41, 5.74) is -0.207. The van der Waals surface area contributed by atoms with Crippen molar-refractivity contribution in [3.05, 3.63) is 24.3 Å². The molecule has 5 heteroatoms. The minimum absolute atomic E-state index is 0.486. The first kappa shape index (κ1) is 12.7. The summed E-state index contributed by atoms with van der Waals surface area (Å²) < 4.78 is 5.24. The number of methoxy groups -OCH3 is 1. The molecular formula is C13H18N2O3. The molecule has 98 valence electrons. The molecule has 1 aromatic carbocycles. The number of nitrogens with one attached hydrogen (secondary N) is 1. The summed E-state index contributed by atoms with van der Waals surface area (Å²) in [6.45, 7) is 1.26. The summed E-state index contributed by atoms with van der Waals surface area (Å²) >= 11 is 0. The van der Waals surface area contributed by atoms with Crippen LogP contribution in [0, 0.1) is 0 Å². The number of likely N-dealkylation sites (N-methyl/N-ethyl adjacent to an activating group) is 1. The number of ether oxygens (including phenoxy) is 1. The van der Waals surface area contributed by atoms with Crippen LogP contribution in [0.15, 0.2) is 24.3 Å². The van der Waals surface area contributed by atoms with Crippen molar-refractivity contribution >= 4 is 11.7 Å². The molecule has 0 aliphatic carbocycles. The lowest BCUT2D eigenvalue weighted by atomic mass is 9.98. The smallest absolute Gasteiger partial charge is 0.330 e. The van der Waals surface area contributed by atoms with Gasteiger partial charge in [0, 0.05) is 13.1 Å². The number of aliphatic carboxylic acids is 1. The van der Waals surface area contributed by atoms with Crippen LogP contribution in [0.1, 0.15) is 6.42 Å². The number of carboxylic acids is 1. The minimum atomic E-state index is -0.927. The lowest BCUT2D eigenvalue weighted by Gasteiger charge is -2.27. The molecule has 2 N–H and O–H groups in total. The van der Waals surface area contributed by atoms with Crippen molar-refractivity contribution in [3.8, 4) is 5.75 Å². The molecule has 1 aliphatic heterocycles. The molecule has 0 aromatic heterocycles. The molecular weight excluding hydrogens is 232 g/mol. The Labute approximate surface area is 106 Å². The zero-order valence-electron chi connectivity index (χ0n) is 10.6. The maximum absolute atomic E-state index is 11.5. The van der Waals surface area contributed by atoms with E-state index in [0.717, 1.165) is 12.2 Å². The molecule has 0 bridgehead atoms. The number of anilines is 1. The van der Waals surface area contributed by atoms with Crippen LogP contribution in [0.4, 0.5) is 5.69 Å². The predicted molar refractivity (Wildman–Crippen MR) is 69.1 cm³/mol. The first-order chi connectivity index (χ1) is 8.57. The molecule has 2 rings (SSSR count). The van der Waals surface area contributed by atoms with Gasteiger partial charge in [-0.15, -0.1) is 0 Å². The molecule has 1 fully saturated rings. The molecule has 0 spiro atoms. The second kappa shape index (κ2) is 4.86. The Balaban J connectivity index is 2.27. The van der Waals surface area contributed by atoms with Gasteiger partial charge < -0.3 is 20.1 Å². The molecule has 0 radical (unpaired) electrons. The van der Waals surface area contributed by atoms with Gasteiger partial charge in [-0.1, -0.05) is 12.1 Å². The van der Waals surface area contributed by atoms with Gasteiger partial charge in [0.1, 0.15) is 11.3 Å². The van der Waals surface area contributed by atoms with Crippen molar-refractivity contribution in [3.63, 3.8) is 0 Å². The van der Waals surface area contributed by atoms with Crippen LogP contribution in [-0.2, 0) is 4.79 Å². The van der Waals surface area contributed by atoms with Gasteiger partial charge >= 0.3 is 5.97 Å². The fourth-order valence-corrected chi connectivity index (χ4v) is 2.34. The van der Waals surface area contributed by atoms with Crippen LogP contribution in [0.3, 0.4) is 0 Å². The second-order valence-electron chi connectivity index (χ2n) is 4.70. The van der Waals surface area contributed by atoms with Gasteiger partial charge in [-0.05, 0) is 25.6 Å². The highest BCUT2D eigenvalue weighted by molar-refractivity contribution is 5.84. The van der Waals surface area contributed by atoms with E-state index in [2.05, 4.69) is 5.32 Å². The fourth-order valence-electron chi connectivity index (χ4n) is 2.34. The normalized spacial score (nSPS) is 23.9. The highest BCUT2D eigenvalue weighted by atomic mass is 16.5. The van der Waals surface area contributed by atoms with Crippen LogP contribution in [0.5, 0.6) is 5.75 Å². The summed E-state index contributed by atoms with van der Waals surface area (Å²) in [7, 11) is 3.50. The van der Waals surface area contributed by atoms with Crippen molar-refractivity contribution in [2.45, 2.75) is 12.0 Å². The Morgan fingerprint density at radius 2 is 2.22 bits per heavy atom. The Bertz CT molecular complexity index is 450. The first-order valence-corrected chi connectivity index (χ1v) is 5.90. The number of carboxylic acid groups (broad SMARTS) is 1. The van der Waals surface area contributed by atoms with E-state index in [1.165, 1.54) is 0 Å². The van der Waals surface area contributed by atoms with E-state index in [1.54, 1.807) is 7.11 Å².